The highest BCUT2D eigenvalue weighted by Gasteiger charge is 2.47. The molecule has 2 heteroatoms. The maximum Gasteiger partial charge on any atom is 0.0139 e. The van der Waals surface area contributed by atoms with Crippen molar-refractivity contribution in [1.29, 1.82) is 0 Å². The van der Waals surface area contributed by atoms with Gasteiger partial charge in [0.1, 0.15) is 0 Å². The van der Waals surface area contributed by atoms with Crippen molar-refractivity contribution in [1.82, 2.24) is 9.80 Å². The van der Waals surface area contributed by atoms with Crippen molar-refractivity contribution >= 4 is 0 Å². The predicted molar refractivity (Wildman–Crippen MR) is 264 cm³/mol. The minimum Gasteiger partial charge on any atom is -0.295 e. The third kappa shape index (κ3) is 13.1. The van der Waals surface area contributed by atoms with Crippen LogP contribution >= 0.6 is 0 Å². The predicted octanol–water partition coefficient (Wildman–Crippen LogP) is 17.4. The van der Waals surface area contributed by atoms with Gasteiger partial charge >= 0.3 is 0 Å². The highest BCUT2D eigenvalue weighted by atomic mass is 15.2. The Morgan fingerprint density at radius 2 is 1.28 bits per heavy atom. The summed E-state index contributed by atoms with van der Waals surface area (Å²) in [5.74, 6) is 8.34. The zero-order valence-electron chi connectivity index (χ0n) is 41.8. The fourth-order valence-electron chi connectivity index (χ4n) is 16.7. The van der Waals surface area contributed by atoms with E-state index in [1.807, 2.05) is 0 Å². The van der Waals surface area contributed by atoms with Crippen LogP contribution in [0, 0.1) is 53.3 Å². The zero-order chi connectivity index (χ0) is 42.3. The third-order valence-electron chi connectivity index (χ3n) is 19.4. The zero-order valence-corrected chi connectivity index (χ0v) is 41.8. The van der Waals surface area contributed by atoms with Crippen LogP contribution < -0.4 is 0 Å². The van der Waals surface area contributed by atoms with E-state index in [-0.39, 0.29) is 0 Å². The number of hydrogen-bond acceptors (Lipinski definition) is 2. The fourth-order valence-corrected chi connectivity index (χ4v) is 16.7. The quantitative estimate of drug-likeness (QED) is 0.0748. The SMILES string of the molecule is CCCCCC(C)N(C(C)CC(C(CC)CC1CCCCC1)C(C(CCC)CCC)C1CCC(N(C2CC=CCC2)C2CCCCC2)CC1C)C1CCCC2CCCCC21. The second kappa shape index (κ2) is 26.0. The molecule has 0 aromatic heterocycles. The van der Waals surface area contributed by atoms with Gasteiger partial charge < -0.3 is 0 Å². The number of allylic oxidation sites excluding steroid dienone is 1. The second-order valence-electron chi connectivity index (χ2n) is 23.4. The Morgan fingerprint density at radius 1 is 0.583 bits per heavy atom. The van der Waals surface area contributed by atoms with Crippen molar-refractivity contribution in [3.8, 4) is 0 Å². The first kappa shape index (κ1) is 49.1. The highest BCUT2D eigenvalue weighted by Crippen LogP contribution is 2.52. The van der Waals surface area contributed by atoms with Gasteiger partial charge in [0.05, 0.1) is 0 Å². The molecule has 0 radical (unpaired) electrons. The van der Waals surface area contributed by atoms with Crippen LogP contribution in [0.4, 0.5) is 0 Å². The van der Waals surface area contributed by atoms with Gasteiger partial charge in [-0.15, -0.1) is 0 Å². The molecule has 60 heavy (non-hydrogen) atoms. The average molecular weight is 831 g/mol. The van der Waals surface area contributed by atoms with E-state index in [4.69, 9.17) is 0 Å². The molecule has 0 aromatic rings. The van der Waals surface area contributed by atoms with Crippen LogP contribution in [-0.2, 0) is 0 Å². The summed E-state index contributed by atoms with van der Waals surface area (Å²) >= 11 is 0. The van der Waals surface area contributed by atoms with Gasteiger partial charge in [-0.25, -0.2) is 0 Å². The van der Waals surface area contributed by atoms with E-state index in [1.165, 1.54) is 212 Å². The molecule has 0 bridgehead atoms. The lowest BCUT2D eigenvalue weighted by Crippen LogP contribution is -2.55. The van der Waals surface area contributed by atoms with Gasteiger partial charge in [0.25, 0.3) is 0 Å². The lowest BCUT2D eigenvalue weighted by atomic mass is 9.57. The highest BCUT2D eigenvalue weighted by molar-refractivity contribution is 5.02. The molecule has 6 rings (SSSR count). The Labute approximate surface area is 376 Å². The summed E-state index contributed by atoms with van der Waals surface area (Å²) in [6, 6.07) is 4.75. The van der Waals surface area contributed by atoms with Crippen molar-refractivity contribution in [3.63, 3.8) is 0 Å². The van der Waals surface area contributed by atoms with Crippen LogP contribution in [-0.4, -0.2) is 46.1 Å². The van der Waals surface area contributed by atoms with Crippen LogP contribution in [0.3, 0.4) is 0 Å². The molecular weight excluding hydrogens is 725 g/mol. The number of fused-ring (bicyclic) bond motifs is 1. The van der Waals surface area contributed by atoms with E-state index >= 15 is 0 Å². The van der Waals surface area contributed by atoms with E-state index < -0.39 is 0 Å². The first-order valence-electron chi connectivity index (χ1n) is 28.6. The van der Waals surface area contributed by atoms with Crippen molar-refractivity contribution < 1.29 is 0 Å². The summed E-state index contributed by atoms with van der Waals surface area (Å²) in [5, 5.41) is 0. The molecule has 0 spiro atoms. The van der Waals surface area contributed by atoms with Crippen LogP contribution in [0.25, 0.3) is 0 Å². The molecule has 5 saturated carbocycles. The van der Waals surface area contributed by atoms with E-state index in [2.05, 4.69) is 70.4 Å². The maximum absolute atomic E-state index is 3.31. The van der Waals surface area contributed by atoms with Crippen LogP contribution in [0.15, 0.2) is 12.2 Å². The smallest absolute Gasteiger partial charge is 0.0139 e. The summed E-state index contributed by atoms with van der Waals surface area (Å²) < 4.78 is 0. The molecule has 6 aliphatic rings. The molecule has 6 aliphatic carbocycles. The van der Waals surface area contributed by atoms with Crippen molar-refractivity contribution in [2.24, 2.45) is 53.3 Å². The molecule has 12 atom stereocenters. The molecule has 0 aliphatic heterocycles. The Bertz CT molecular complexity index is 1160. The molecule has 0 aromatic carbocycles. The van der Waals surface area contributed by atoms with Crippen molar-refractivity contribution in [2.75, 3.05) is 0 Å². The number of unbranched alkanes of at least 4 members (excludes halogenated alkanes) is 2. The summed E-state index contributed by atoms with van der Waals surface area (Å²) in [6.07, 6.45) is 54.9. The molecular formula is C58H106N2. The molecule has 0 amide bonds. The minimum absolute atomic E-state index is 0.705. The lowest BCUT2D eigenvalue weighted by Gasteiger charge is -2.54. The van der Waals surface area contributed by atoms with Gasteiger partial charge in [0, 0.05) is 36.3 Å². The molecule has 12 unspecified atom stereocenters. The first-order chi connectivity index (χ1) is 29.4. The average Bonchev–Trinajstić information content (AvgIpc) is 3.27. The van der Waals surface area contributed by atoms with E-state index in [9.17, 15) is 0 Å². The summed E-state index contributed by atoms with van der Waals surface area (Å²) in [4.78, 5) is 6.54. The van der Waals surface area contributed by atoms with Gasteiger partial charge in [0.15, 0.2) is 0 Å². The fraction of sp³-hybridized carbons (Fsp3) is 0.966. The second-order valence-corrected chi connectivity index (χ2v) is 23.4. The first-order valence-corrected chi connectivity index (χ1v) is 28.6. The topological polar surface area (TPSA) is 6.48 Å². The van der Waals surface area contributed by atoms with Gasteiger partial charge in [-0.05, 0) is 151 Å². The van der Waals surface area contributed by atoms with E-state index in [0.717, 1.165) is 83.5 Å². The van der Waals surface area contributed by atoms with Crippen LogP contribution in [0.2, 0.25) is 0 Å². The summed E-state index contributed by atoms with van der Waals surface area (Å²) in [6.45, 7) is 18.5. The largest absolute Gasteiger partial charge is 0.295 e. The summed E-state index contributed by atoms with van der Waals surface area (Å²) in [7, 11) is 0. The monoisotopic (exact) mass is 831 g/mol. The molecule has 5 fully saturated rings. The number of nitrogens with zero attached hydrogens (tertiary/aromatic N) is 2. The van der Waals surface area contributed by atoms with E-state index in [1.54, 1.807) is 6.42 Å². The van der Waals surface area contributed by atoms with E-state index in [0.29, 0.717) is 6.04 Å². The summed E-state index contributed by atoms with van der Waals surface area (Å²) in [5.41, 5.74) is 0. The number of hydrogen-bond donors (Lipinski definition) is 0. The van der Waals surface area contributed by atoms with Gasteiger partial charge in [0.2, 0.25) is 0 Å². The van der Waals surface area contributed by atoms with Gasteiger partial charge in [-0.3, -0.25) is 9.80 Å². The molecule has 0 heterocycles. The lowest BCUT2D eigenvalue weighted by molar-refractivity contribution is -0.0452. The maximum atomic E-state index is 3.31. The van der Waals surface area contributed by atoms with Gasteiger partial charge in [-0.2, -0.15) is 0 Å². The molecule has 0 N–H and O–H groups in total. The standard InChI is InChI=1S/C58H106N2/c1-8-12-16-28-45(6)59(57-38-25-32-49-31-23-24-37-55(49)57)46(7)42-56(48(11-4)43-47-29-17-13-18-30-47)58(50(26-9-2)27-10-3)54-40-39-53(41-44(54)5)60(51-33-19-14-20-34-51)52-35-21-15-22-36-52/h14,19,44-58H,8-13,15-18,20-43H2,1-7H3. The Balaban J connectivity index is 1.34. The molecule has 0 saturated heterocycles. The third-order valence-corrected chi connectivity index (χ3v) is 19.4. The Kier molecular flexibility index (Phi) is 21.3. The number of rotatable bonds is 23. The molecule has 2 nitrogen and oxygen atoms in total. The van der Waals surface area contributed by atoms with Crippen LogP contribution in [0.5, 0.6) is 0 Å². The molecule has 348 valence electrons. The van der Waals surface area contributed by atoms with Crippen LogP contribution in [0.1, 0.15) is 267 Å². The minimum atomic E-state index is 0.705. The van der Waals surface area contributed by atoms with Gasteiger partial charge in [-0.1, -0.05) is 182 Å². The van der Waals surface area contributed by atoms with Crippen molar-refractivity contribution in [3.05, 3.63) is 12.2 Å². The Hall–Kier alpha value is -0.340. The van der Waals surface area contributed by atoms with Crippen molar-refractivity contribution in [2.45, 2.75) is 303 Å². The Morgan fingerprint density at radius 3 is 1.95 bits per heavy atom. The normalized spacial score (nSPS) is 32.5.